The summed E-state index contributed by atoms with van der Waals surface area (Å²) in [6.07, 6.45) is -0.963. The minimum Gasteiger partial charge on any atom is -0.481 e. The summed E-state index contributed by atoms with van der Waals surface area (Å²) in [7, 11) is 2.81. The van der Waals surface area contributed by atoms with Crippen molar-refractivity contribution in [2.24, 2.45) is 4.99 Å². The number of carboxylic acid groups (broad SMARTS) is 1. The third-order valence-corrected chi connectivity index (χ3v) is 3.93. The molecule has 1 amide bonds. The topological polar surface area (TPSA) is 110 Å². The zero-order valence-electron chi connectivity index (χ0n) is 15.6. The minimum atomic E-state index is -1.23. The average molecular weight is 377 g/mol. The summed E-state index contributed by atoms with van der Waals surface area (Å²) in [6.45, 7) is 3.05. The maximum Gasteiger partial charge on any atom is 0.333 e. The lowest BCUT2D eigenvalue weighted by molar-refractivity contribution is -0.172. The molecule has 1 aromatic rings. The SMILES string of the molecule is COC1=CC(OC)=NC(OC(C(=O)O)C(C)c2ccccc2)N1NC(C)=O. The van der Waals surface area contributed by atoms with Gasteiger partial charge in [0, 0.05) is 12.8 Å². The molecule has 146 valence electrons. The van der Waals surface area contributed by atoms with Crippen molar-refractivity contribution in [3.05, 3.63) is 47.9 Å². The van der Waals surface area contributed by atoms with Crippen molar-refractivity contribution in [3.8, 4) is 0 Å². The molecule has 1 aliphatic rings. The highest BCUT2D eigenvalue weighted by molar-refractivity contribution is 5.88. The normalized spacial score (nSPS) is 18.7. The Morgan fingerprint density at radius 1 is 1.22 bits per heavy atom. The highest BCUT2D eigenvalue weighted by Gasteiger charge is 2.36. The molecule has 27 heavy (non-hydrogen) atoms. The van der Waals surface area contributed by atoms with Crippen LogP contribution < -0.4 is 5.43 Å². The van der Waals surface area contributed by atoms with Crippen LogP contribution in [-0.2, 0) is 23.8 Å². The highest BCUT2D eigenvalue weighted by atomic mass is 16.6. The van der Waals surface area contributed by atoms with Crippen LogP contribution in [0.4, 0.5) is 0 Å². The van der Waals surface area contributed by atoms with Crippen molar-refractivity contribution < 1.29 is 28.9 Å². The van der Waals surface area contributed by atoms with Gasteiger partial charge in [0.05, 0.1) is 20.3 Å². The van der Waals surface area contributed by atoms with Crippen molar-refractivity contribution in [1.82, 2.24) is 10.4 Å². The number of aliphatic carboxylic acids is 1. The summed E-state index contributed by atoms with van der Waals surface area (Å²) in [5.41, 5.74) is 3.32. The van der Waals surface area contributed by atoms with Gasteiger partial charge in [-0.25, -0.2) is 9.80 Å². The van der Waals surface area contributed by atoms with Crippen LogP contribution in [0.15, 0.2) is 47.3 Å². The van der Waals surface area contributed by atoms with Crippen LogP contribution in [0, 0.1) is 0 Å². The molecular weight excluding hydrogens is 354 g/mol. The number of carboxylic acids is 1. The van der Waals surface area contributed by atoms with Crippen molar-refractivity contribution >= 4 is 17.8 Å². The Kier molecular flexibility index (Phi) is 6.78. The molecule has 9 heteroatoms. The lowest BCUT2D eigenvalue weighted by atomic mass is 9.95. The number of aliphatic imine (C=N–C) groups is 1. The quantitative estimate of drug-likeness (QED) is 0.740. The Labute approximate surface area is 157 Å². The van der Waals surface area contributed by atoms with E-state index >= 15 is 0 Å². The molecular formula is C18H23N3O6. The van der Waals surface area contributed by atoms with E-state index in [1.165, 1.54) is 32.2 Å². The van der Waals surface area contributed by atoms with Crippen molar-refractivity contribution in [2.45, 2.75) is 32.2 Å². The number of rotatable bonds is 7. The van der Waals surface area contributed by atoms with Gasteiger partial charge in [0.15, 0.2) is 6.10 Å². The fourth-order valence-corrected chi connectivity index (χ4v) is 2.58. The van der Waals surface area contributed by atoms with Crippen LogP contribution in [0.5, 0.6) is 0 Å². The van der Waals surface area contributed by atoms with Crippen LogP contribution in [0.1, 0.15) is 25.3 Å². The van der Waals surface area contributed by atoms with E-state index in [1.54, 1.807) is 6.92 Å². The Morgan fingerprint density at radius 2 is 1.89 bits per heavy atom. The molecule has 2 N–H and O–H groups in total. The van der Waals surface area contributed by atoms with Crippen molar-refractivity contribution in [3.63, 3.8) is 0 Å². The molecule has 9 nitrogen and oxygen atoms in total. The second-order valence-corrected chi connectivity index (χ2v) is 5.82. The van der Waals surface area contributed by atoms with E-state index < -0.39 is 30.3 Å². The molecule has 0 spiro atoms. The van der Waals surface area contributed by atoms with Gasteiger partial charge in [0.25, 0.3) is 6.35 Å². The van der Waals surface area contributed by atoms with E-state index in [0.29, 0.717) is 0 Å². The van der Waals surface area contributed by atoms with Crippen LogP contribution in [0.2, 0.25) is 0 Å². The molecule has 1 aromatic carbocycles. The van der Waals surface area contributed by atoms with Gasteiger partial charge in [-0.2, -0.15) is 4.99 Å². The first-order valence-electron chi connectivity index (χ1n) is 8.24. The van der Waals surface area contributed by atoms with Crippen LogP contribution in [0.3, 0.4) is 0 Å². The van der Waals surface area contributed by atoms with Crippen LogP contribution in [0.25, 0.3) is 0 Å². The number of nitrogens with zero attached hydrogens (tertiary/aromatic N) is 2. The second-order valence-electron chi connectivity index (χ2n) is 5.82. The summed E-state index contributed by atoms with van der Waals surface area (Å²) < 4.78 is 16.1. The predicted molar refractivity (Wildman–Crippen MR) is 96.3 cm³/mol. The van der Waals surface area contributed by atoms with Crippen molar-refractivity contribution in [1.29, 1.82) is 0 Å². The second kappa shape index (κ2) is 9.04. The number of hydrogen-bond acceptors (Lipinski definition) is 7. The van der Waals surface area contributed by atoms with Gasteiger partial charge in [-0.05, 0) is 5.56 Å². The molecule has 3 unspecified atom stereocenters. The van der Waals surface area contributed by atoms with Gasteiger partial charge in [0.1, 0.15) is 0 Å². The third-order valence-electron chi connectivity index (χ3n) is 3.93. The lowest BCUT2D eigenvalue weighted by Gasteiger charge is -2.35. The zero-order chi connectivity index (χ0) is 20.0. The molecule has 0 aromatic heterocycles. The Hall–Kier alpha value is -3.07. The van der Waals surface area contributed by atoms with E-state index in [2.05, 4.69) is 10.4 Å². The summed E-state index contributed by atoms with van der Waals surface area (Å²) in [5.74, 6) is -1.66. The summed E-state index contributed by atoms with van der Waals surface area (Å²) >= 11 is 0. The summed E-state index contributed by atoms with van der Waals surface area (Å²) in [4.78, 5) is 27.6. The molecule has 0 fully saturated rings. The molecule has 1 heterocycles. The van der Waals surface area contributed by atoms with Crippen LogP contribution >= 0.6 is 0 Å². The Bertz CT molecular complexity index is 734. The molecule has 0 saturated carbocycles. The van der Waals surface area contributed by atoms with E-state index in [4.69, 9.17) is 14.2 Å². The van der Waals surface area contributed by atoms with E-state index in [0.717, 1.165) is 5.56 Å². The first-order valence-corrected chi connectivity index (χ1v) is 8.24. The monoisotopic (exact) mass is 377 g/mol. The minimum absolute atomic E-state index is 0.176. The zero-order valence-corrected chi connectivity index (χ0v) is 15.6. The summed E-state index contributed by atoms with van der Waals surface area (Å²) in [5, 5.41) is 10.9. The molecule has 0 aliphatic carbocycles. The smallest absolute Gasteiger partial charge is 0.333 e. The van der Waals surface area contributed by atoms with Gasteiger partial charge < -0.3 is 19.3 Å². The number of methoxy groups -OCH3 is 2. The number of ether oxygens (including phenoxy) is 3. The number of hydrazine groups is 1. The van der Waals surface area contributed by atoms with Gasteiger partial charge >= 0.3 is 5.97 Å². The largest absolute Gasteiger partial charge is 0.481 e. The summed E-state index contributed by atoms with van der Waals surface area (Å²) in [6, 6.07) is 9.13. The maximum absolute atomic E-state index is 11.9. The maximum atomic E-state index is 11.9. The van der Waals surface area contributed by atoms with Crippen molar-refractivity contribution in [2.75, 3.05) is 14.2 Å². The molecule has 1 aliphatic heterocycles. The number of carbonyl (C=O) groups is 2. The van der Waals surface area contributed by atoms with Gasteiger partial charge in [-0.3, -0.25) is 10.2 Å². The fraction of sp³-hybridized carbons (Fsp3) is 0.389. The first kappa shape index (κ1) is 20.2. The van der Waals surface area contributed by atoms with Gasteiger partial charge in [-0.15, -0.1) is 0 Å². The molecule has 2 rings (SSSR count). The third kappa shape index (κ3) is 4.98. The van der Waals surface area contributed by atoms with Gasteiger partial charge in [-0.1, -0.05) is 37.3 Å². The Balaban J connectivity index is 2.32. The highest BCUT2D eigenvalue weighted by Crippen LogP contribution is 2.26. The fourth-order valence-electron chi connectivity index (χ4n) is 2.58. The van der Waals surface area contributed by atoms with Crippen LogP contribution in [-0.4, -0.2) is 54.6 Å². The predicted octanol–water partition coefficient (Wildman–Crippen LogP) is 1.44. The molecule has 3 atom stereocenters. The number of amides is 1. The first-order chi connectivity index (χ1) is 12.9. The number of nitrogens with one attached hydrogen (secondary N) is 1. The molecule has 0 saturated heterocycles. The number of hydrogen-bond donors (Lipinski definition) is 2. The van der Waals surface area contributed by atoms with E-state index in [9.17, 15) is 14.7 Å². The number of carbonyl (C=O) groups excluding carboxylic acids is 1. The van der Waals surface area contributed by atoms with Gasteiger partial charge in [0.2, 0.25) is 17.7 Å². The lowest BCUT2D eigenvalue weighted by Crippen LogP contribution is -2.52. The van der Waals surface area contributed by atoms with E-state index in [-0.39, 0.29) is 11.8 Å². The molecule has 0 bridgehead atoms. The standard InChI is InChI=1S/C18H23N3O6/c1-11(13-8-6-5-7-9-13)16(17(23)24)27-18-19-14(25-3)10-15(26-4)21(18)20-12(2)22/h5-11,16,18H,1-4H3,(H,20,22)(H,23,24). The number of benzene rings is 1. The Morgan fingerprint density at radius 3 is 2.41 bits per heavy atom. The van der Waals surface area contributed by atoms with E-state index in [1.807, 2.05) is 30.3 Å². The molecule has 0 radical (unpaired) electrons. The average Bonchev–Trinajstić information content (AvgIpc) is 2.66.